The van der Waals surface area contributed by atoms with E-state index in [9.17, 15) is 24.3 Å². The first-order chi connectivity index (χ1) is 25.8. The third kappa shape index (κ3) is 13.5. The Morgan fingerprint density at radius 2 is 1.72 bits per heavy atom. The van der Waals surface area contributed by atoms with Gasteiger partial charge in [-0.05, 0) is 74.6 Å². The zero-order valence-electron chi connectivity index (χ0n) is 33.9. The van der Waals surface area contributed by atoms with Gasteiger partial charge in [0.1, 0.15) is 23.9 Å². The number of rotatable bonds is 22. The van der Waals surface area contributed by atoms with Gasteiger partial charge in [-0.3, -0.25) is 24.2 Å². The Balaban J connectivity index is 1.83. The van der Waals surface area contributed by atoms with Crippen molar-refractivity contribution >= 4 is 40.5 Å². The molecule has 0 aromatic heterocycles. The number of nitrogens with zero attached hydrogens (tertiary/aromatic N) is 2. The summed E-state index contributed by atoms with van der Waals surface area (Å²) in [4.78, 5) is 60.9. The van der Waals surface area contributed by atoms with Crippen LogP contribution in [0, 0.1) is 17.8 Å². The third-order valence-electron chi connectivity index (χ3n) is 10.6. The van der Waals surface area contributed by atoms with E-state index in [0.29, 0.717) is 38.2 Å². The number of phenols is 1. The van der Waals surface area contributed by atoms with Crippen molar-refractivity contribution < 1.29 is 33.8 Å². The molecular weight excluding hydrogens is 707 g/mol. The van der Waals surface area contributed by atoms with Gasteiger partial charge in [0.15, 0.2) is 0 Å². The topological polar surface area (TPSA) is 159 Å². The third-order valence-corrected chi connectivity index (χ3v) is 11.7. The highest BCUT2D eigenvalue weighted by Gasteiger charge is 2.39. The number of benzene rings is 1. The number of esters is 1. The number of hydrogen-bond acceptors (Lipinski definition) is 10. The van der Waals surface area contributed by atoms with Crippen molar-refractivity contribution in [2.75, 3.05) is 32.6 Å². The molecule has 13 heteroatoms. The van der Waals surface area contributed by atoms with Crippen LogP contribution in [0.5, 0.6) is 5.75 Å². The molecule has 1 unspecified atom stereocenters. The van der Waals surface area contributed by atoms with E-state index < -0.39 is 24.1 Å². The molecule has 3 rings (SSSR count). The number of thioether (sulfide) groups is 1. The van der Waals surface area contributed by atoms with E-state index in [1.807, 2.05) is 25.7 Å². The summed E-state index contributed by atoms with van der Waals surface area (Å²) in [6, 6.07) is 4.70. The SMILES string of the molecule is CCCO[C@H](C[C@H](C(C)C)N(CCC)C(=O)[C@@H](NC(=O)[C@H]1CCCCN1)[C@@H](C)CC)C1=NC(C(=O)N[C@@H](Cc2ccc(O)cc2)C[C@H](C)C(=O)OC)CS1. The average molecular weight is 774 g/mol. The highest BCUT2D eigenvalue weighted by atomic mass is 32.2. The van der Waals surface area contributed by atoms with E-state index in [1.165, 1.54) is 18.9 Å². The Morgan fingerprint density at radius 1 is 1.00 bits per heavy atom. The number of phenolic OH excluding ortho intramolecular Hbond substituents is 1. The molecule has 0 bridgehead atoms. The lowest BCUT2D eigenvalue weighted by Crippen LogP contribution is -2.59. The molecule has 4 N–H and O–H groups in total. The van der Waals surface area contributed by atoms with Crippen molar-refractivity contribution in [2.45, 2.75) is 143 Å². The van der Waals surface area contributed by atoms with Gasteiger partial charge in [0, 0.05) is 37.4 Å². The lowest BCUT2D eigenvalue weighted by molar-refractivity contribution is -0.145. The molecule has 1 aromatic carbocycles. The van der Waals surface area contributed by atoms with Gasteiger partial charge in [-0.25, -0.2) is 0 Å². The predicted molar refractivity (Wildman–Crippen MR) is 216 cm³/mol. The van der Waals surface area contributed by atoms with Crippen LogP contribution in [-0.4, -0.2) is 108 Å². The van der Waals surface area contributed by atoms with Crippen molar-refractivity contribution in [1.29, 1.82) is 0 Å². The van der Waals surface area contributed by atoms with Gasteiger partial charge in [-0.15, -0.1) is 11.8 Å². The molecule has 0 spiro atoms. The molecule has 2 heterocycles. The maximum absolute atomic E-state index is 14.6. The van der Waals surface area contributed by atoms with Crippen LogP contribution in [0.25, 0.3) is 0 Å². The first-order valence-corrected chi connectivity index (χ1v) is 21.1. The van der Waals surface area contributed by atoms with Crippen molar-refractivity contribution in [3.8, 4) is 5.75 Å². The van der Waals surface area contributed by atoms with Gasteiger partial charge in [0.2, 0.25) is 17.7 Å². The summed E-state index contributed by atoms with van der Waals surface area (Å²) in [5.74, 6) is -0.534. The molecule has 8 atom stereocenters. The van der Waals surface area contributed by atoms with E-state index in [-0.39, 0.29) is 59.4 Å². The maximum Gasteiger partial charge on any atom is 0.308 e. The van der Waals surface area contributed by atoms with Crippen LogP contribution in [0.4, 0.5) is 0 Å². The maximum atomic E-state index is 14.6. The minimum Gasteiger partial charge on any atom is -0.508 e. The first-order valence-electron chi connectivity index (χ1n) is 20.2. The Morgan fingerprint density at radius 3 is 2.31 bits per heavy atom. The summed E-state index contributed by atoms with van der Waals surface area (Å²) in [5.41, 5.74) is 0.917. The van der Waals surface area contributed by atoms with E-state index in [2.05, 4.69) is 36.7 Å². The number of aromatic hydroxyl groups is 1. The van der Waals surface area contributed by atoms with Crippen LogP contribution in [-0.2, 0) is 35.1 Å². The van der Waals surface area contributed by atoms with Crippen molar-refractivity contribution in [3.63, 3.8) is 0 Å². The number of amides is 3. The highest BCUT2D eigenvalue weighted by Crippen LogP contribution is 2.29. The molecule has 1 saturated heterocycles. The minimum atomic E-state index is -0.642. The lowest BCUT2D eigenvalue weighted by Gasteiger charge is -2.40. The van der Waals surface area contributed by atoms with Crippen LogP contribution >= 0.6 is 11.8 Å². The molecule has 3 amide bonds. The van der Waals surface area contributed by atoms with E-state index in [1.54, 1.807) is 31.2 Å². The van der Waals surface area contributed by atoms with E-state index in [0.717, 1.165) is 55.7 Å². The molecule has 12 nitrogen and oxygen atoms in total. The summed E-state index contributed by atoms with van der Waals surface area (Å²) >= 11 is 1.51. The summed E-state index contributed by atoms with van der Waals surface area (Å²) in [7, 11) is 1.36. The summed E-state index contributed by atoms with van der Waals surface area (Å²) < 4.78 is 11.4. The Labute approximate surface area is 327 Å². The standard InChI is InChI=1S/C41H67N5O7S/c1-9-20-46(40(50)36(27(6)11-3)45-37(48)32-14-12-13-19-42-32)34(26(4)5)24-35(53-21-10-2)39-44-33(25-54-39)38(49)43-30(22-28(7)41(51)52-8)23-29-15-17-31(47)18-16-29/h15-18,26-28,30,32-36,42,47H,9-14,19-25H2,1-8H3,(H,43,49)(H,45,48)/t27-,28-,30+,32+,33?,34+,35+,36-/m0/s1. The number of aliphatic imine (C=N–C) groups is 1. The monoisotopic (exact) mass is 773 g/mol. The molecule has 1 aromatic rings. The van der Waals surface area contributed by atoms with Gasteiger partial charge in [-0.2, -0.15) is 0 Å². The average Bonchev–Trinajstić information content (AvgIpc) is 3.67. The fraction of sp³-hybridized carbons (Fsp3) is 0.732. The number of carbonyl (C=O) groups is 4. The fourth-order valence-corrected chi connectivity index (χ4v) is 8.29. The zero-order valence-corrected chi connectivity index (χ0v) is 34.7. The van der Waals surface area contributed by atoms with Crippen LogP contribution in [0.3, 0.4) is 0 Å². The number of methoxy groups -OCH3 is 1. The number of hydrogen-bond donors (Lipinski definition) is 4. The Kier molecular flexibility index (Phi) is 19.3. The molecule has 1 fully saturated rings. The molecule has 0 saturated carbocycles. The van der Waals surface area contributed by atoms with Gasteiger partial charge >= 0.3 is 5.97 Å². The van der Waals surface area contributed by atoms with Gasteiger partial charge < -0.3 is 35.4 Å². The molecule has 2 aliphatic rings. The Bertz CT molecular complexity index is 1370. The number of ether oxygens (including phenoxy) is 2. The largest absolute Gasteiger partial charge is 0.508 e. The molecule has 54 heavy (non-hydrogen) atoms. The Hall–Kier alpha value is -3.16. The first kappa shape index (κ1) is 45.2. The fourth-order valence-electron chi connectivity index (χ4n) is 7.18. The highest BCUT2D eigenvalue weighted by molar-refractivity contribution is 8.14. The van der Waals surface area contributed by atoms with Crippen LogP contribution in [0.15, 0.2) is 29.3 Å². The minimum absolute atomic E-state index is 0.0492. The van der Waals surface area contributed by atoms with Gasteiger partial charge in [0.05, 0.1) is 24.1 Å². The number of nitrogens with one attached hydrogen (secondary N) is 3. The quantitative estimate of drug-likeness (QED) is 0.116. The van der Waals surface area contributed by atoms with Gasteiger partial charge in [0.25, 0.3) is 0 Å². The summed E-state index contributed by atoms with van der Waals surface area (Å²) in [6.07, 6.45) is 6.06. The van der Waals surface area contributed by atoms with Crippen LogP contribution < -0.4 is 16.0 Å². The second-order valence-electron chi connectivity index (χ2n) is 15.3. The number of carbonyl (C=O) groups excluding carboxylic acids is 4. The van der Waals surface area contributed by atoms with E-state index in [4.69, 9.17) is 14.5 Å². The smallest absolute Gasteiger partial charge is 0.308 e. The van der Waals surface area contributed by atoms with Crippen molar-refractivity contribution in [1.82, 2.24) is 20.9 Å². The van der Waals surface area contributed by atoms with Crippen LogP contribution in [0.2, 0.25) is 0 Å². The predicted octanol–water partition coefficient (Wildman–Crippen LogP) is 5.25. The summed E-state index contributed by atoms with van der Waals surface area (Å²) in [6.45, 7) is 16.1. The molecular formula is C41H67N5O7S. The normalized spacial score (nSPS) is 20.6. The summed E-state index contributed by atoms with van der Waals surface area (Å²) in [5, 5.41) is 20.1. The van der Waals surface area contributed by atoms with Gasteiger partial charge in [-0.1, -0.05) is 73.4 Å². The molecule has 0 radical (unpaired) electrons. The van der Waals surface area contributed by atoms with Crippen molar-refractivity contribution in [2.24, 2.45) is 22.7 Å². The second-order valence-corrected chi connectivity index (χ2v) is 16.4. The van der Waals surface area contributed by atoms with E-state index >= 15 is 0 Å². The number of piperidine rings is 1. The molecule has 0 aliphatic carbocycles. The zero-order chi connectivity index (χ0) is 39.8. The lowest BCUT2D eigenvalue weighted by atomic mass is 9.92. The second kappa shape index (κ2) is 23.0. The molecule has 304 valence electrons. The molecule has 2 aliphatic heterocycles. The van der Waals surface area contributed by atoms with Crippen molar-refractivity contribution in [3.05, 3.63) is 29.8 Å². The van der Waals surface area contributed by atoms with Crippen LogP contribution in [0.1, 0.15) is 105 Å².